The minimum atomic E-state index is -0.229. The Morgan fingerprint density at radius 1 is 1.35 bits per heavy atom. The largest absolute Gasteiger partial charge is 0.380 e. The van der Waals surface area contributed by atoms with Crippen molar-refractivity contribution >= 4 is 11.6 Å². The Labute approximate surface area is 125 Å². The Kier molecular flexibility index (Phi) is 6.23. The molecule has 1 aliphatic heterocycles. The summed E-state index contributed by atoms with van der Waals surface area (Å²) in [5.41, 5.74) is 0.580. The van der Waals surface area contributed by atoms with E-state index in [-0.39, 0.29) is 5.82 Å². The molecule has 5 heteroatoms. The van der Waals surface area contributed by atoms with Crippen LogP contribution >= 0.6 is 11.6 Å². The fourth-order valence-corrected chi connectivity index (χ4v) is 2.59. The van der Waals surface area contributed by atoms with E-state index in [1.807, 2.05) is 7.05 Å². The second kappa shape index (κ2) is 7.93. The Morgan fingerprint density at radius 3 is 3.00 bits per heavy atom. The smallest absolute Gasteiger partial charge is 0.129 e. The zero-order valence-corrected chi connectivity index (χ0v) is 12.7. The summed E-state index contributed by atoms with van der Waals surface area (Å²) in [7, 11) is 2.00. The molecule has 0 unspecified atom stereocenters. The van der Waals surface area contributed by atoms with Gasteiger partial charge in [-0.15, -0.1) is 0 Å². The van der Waals surface area contributed by atoms with Crippen molar-refractivity contribution in [2.24, 2.45) is 0 Å². The predicted molar refractivity (Wildman–Crippen MR) is 79.6 cm³/mol. The molecule has 0 saturated carbocycles. The van der Waals surface area contributed by atoms with Crippen LogP contribution < -0.4 is 0 Å². The molecule has 112 valence electrons. The normalized spacial score (nSPS) is 17.4. The molecule has 3 nitrogen and oxygen atoms in total. The molecule has 2 rings (SSSR count). The highest BCUT2D eigenvalue weighted by atomic mass is 35.5. The van der Waals surface area contributed by atoms with Crippen molar-refractivity contribution in [3.05, 3.63) is 34.6 Å². The molecule has 0 aliphatic carbocycles. The fraction of sp³-hybridized carbons (Fsp3) is 0.600. The first-order chi connectivity index (χ1) is 9.66. The molecule has 0 aromatic heterocycles. The molecule has 0 amide bonds. The maximum absolute atomic E-state index is 13.7. The summed E-state index contributed by atoms with van der Waals surface area (Å²) < 4.78 is 19.2. The summed E-state index contributed by atoms with van der Waals surface area (Å²) in [6, 6.07) is 4.83. The Morgan fingerprint density at radius 2 is 2.20 bits per heavy atom. The highest BCUT2D eigenvalue weighted by molar-refractivity contribution is 6.31. The third-order valence-corrected chi connectivity index (χ3v) is 3.96. The van der Waals surface area contributed by atoms with Gasteiger partial charge in [-0.3, -0.25) is 4.90 Å². The lowest BCUT2D eigenvalue weighted by molar-refractivity contribution is 0.139. The van der Waals surface area contributed by atoms with E-state index < -0.39 is 0 Å². The van der Waals surface area contributed by atoms with E-state index in [0.717, 1.165) is 45.8 Å². The maximum Gasteiger partial charge on any atom is 0.129 e. The van der Waals surface area contributed by atoms with E-state index in [1.54, 1.807) is 12.1 Å². The summed E-state index contributed by atoms with van der Waals surface area (Å²) in [5.74, 6) is -0.229. The summed E-state index contributed by atoms with van der Waals surface area (Å²) in [6.07, 6.45) is 1.09. The van der Waals surface area contributed by atoms with Crippen LogP contribution in [0.1, 0.15) is 12.0 Å². The summed E-state index contributed by atoms with van der Waals surface area (Å²) in [4.78, 5) is 4.50. The first-order valence-corrected chi connectivity index (χ1v) is 7.46. The molecule has 1 heterocycles. The maximum atomic E-state index is 13.7. The zero-order chi connectivity index (χ0) is 14.4. The molecule has 0 bridgehead atoms. The van der Waals surface area contributed by atoms with Gasteiger partial charge in [0.1, 0.15) is 5.82 Å². The van der Waals surface area contributed by atoms with Crippen LogP contribution in [0.2, 0.25) is 5.02 Å². The molecule has 1 aromatic carbocycles. The third-order valence-electron chi connectivity index (χ3n) is 3.60. The molecule has 1 saturated heterocycles. The minimum absolute atomic E-state index is 0.229. The SMILES string of the molecule is CN(CCN1CCCOCC1)Cc1c(F)cccc1Cl. The van der Waals surface area contributed by atoms with Gasteiger partial charge in [-0.2, -0.15) is 0 Å². The molecular weight excluding hydrogens is 279 g/mol. The van der Waals surface area contributed by atoms with Crippen LogP contribution in [0.3, 0.4) is 0 Å². The van der Waals surface area contributed by atoms with Gasteiger partial charge in [0.2, 0.25) is 0 Å². The van der Waals surface area contributed by atoms with Crippen LogP contribution in [-0.4, -0.2) is 56.2 Å². The van der Waals surface area contributed by atoms with Crippen LogP contribution in [0.15, 0.2) is 18.2 Å². The fourth-order valence-electron chi connectivity index (χ4n) is 2.37. The van der Waals surface area contributed by atoms with Gasteiger partial charge in [0.25, 0.3) is 0 Å². The minimum Gasteiger partial charge on any atom is -0.380 e. The molecule has 1 fully saturated rings. The predicted octanol–water partition coefficient (Wildman–Crippen LogP) is 2.63. The van der Waals surface area contributed by atoms with E-state index in [2.05, 4.69) is 9.80 Å². The molecule has 0 radical (unpaired) electrons. The molecule has 1 aliphatic rings. The van der Waals surface area contributed by atoms with Crippen LogP contribution in [0.25, 0.3) is 0 Å². The number of rotatable bonds is 5. The van der Waals surface area contributed by atoms with Gasteiger partial charge in [-0.25, -0.2) is 4.39 Å². The summed E-state index contributed by atoms with van der Waals surface area (Å²) in [6.45, 7) is 6.13. The van der Waals surface area contributed by atoms with E-state index in [9.17, 15) is 4.39 Å². The van der Waals surface area contributed by atoms with Gasteiger partial charge in [0, 0.05) is 49.9 Å². The second-order valence-corrected chi connectivity index (χ2v) is 5.65. The number of benzene rings is 1. The Hall–Kier alpha value is -0.680. The number of ether oxygens (including phenoxy) is 1. The summed E-state index contributed by atoms with van der Waals surface area (Å²) >= 11 is 6.05. The lowest BCUT2D eigenvalue weighted by Gasteiger charge is -2.24. The monoisotopic (exact) mass is 300 g/mol. The number of likely N-dealkylation sites (N-methyl/N-ethyl adjacent to an activating group) is 1. The van der Waals surface area contributed by atoms with Crippen molar-refractivity contribution in [3.63, 3.8) is 0 Å². The van der Waals surface area contributed by atoms with Crippen LogP contribution in [0, 0.1) is 5.82 Å². The molecular formula is C15H22ClFN2O. The number of halogens is 2. The van der Waals surface area contributed by atoms with Crippen LogP contribution in [0.4, 0.5) is 4.39 Å². The molecule has 0 spiro atoms. The Balaban J connectivity index is 1.81. The summed E-state index contributed by atoms with van der Waals surface area (Å²) in [5, 5.41) is 0.500. The van der Waals surface area contributed by atoms with Crippen molar-refractivity contribution in [2.45, 2.75) is 13.0 Å². The van der Waals surface area contributed by atoms with E-state index in [0.29, 0.717) is 17.1 Å². The van der Waals surface area contributed by atoms with Gasteiger partial charge in [-0.1, -0.05) is 17.7 Å². The van der Waals surface area contributed by atoms with E-state index >= 15 is 0 Å². The number of hydrogen-bond donors (Lipinski definition) is 0. The van der Waals surface area contributed by atoms with Crippen molar-refractivity contribution in [2.75, 3.05) is 46.4 Å². The van der Waals surface area contributed by atoms with E-state index in [1.165, 1.54) is 6.07 Å². The van der Waals surface area contributed by atoms with Crippen molar-refractivity contribution in [1.29, 1.82) is 0 Å². The standard InChI is InChI=1S/C15H22ClFN2O/c1-18(7-8-19-6-3-10-20-11-9-19)12-13-14(16)4-2-5-15(13)17/h2,4-5H,3,6-12H2,1H3. The first kappa shape index (κ1) is 15.7. The van der Waals surface area contributed by atoms with Gasteiger partial charge >= 0.3 is 0 Å². The highest BCUT2D eigenvalue weighted by Crippen LogP contribution is 2.20. The lowest BCUT2D eigenvalue weighted by Crippen LogP contribution is -2.34. The number of nitrogens with zero attached hydrogens (tertiary/aromatic N) is 2. The average Bonchev–Trinajstić information content (AvgIpc) is 2.69. The van der Waals surface area contributed by atoms with Crippen molar-refractivity contribution < 1.29 is 9.13 Å². The molecule has 0 atom stereocenters. The molecule has 0 N–H and O–H groups in total. The second-order valence-electron chi connectivity index (χ2n) is 5.25. The average molecular weight is 301 g/mol. The Bertz CT molecular complexity index is 402. The van der Waals surface area contributed by atoms with Gasteiger partial charge in [0.15, 0.2) is 0 Å². The first-order valence-electron chi connectivity index (χ1n) is 7.08. The van der Waals surface area contributed by atoms with Gasteiger partial charge in [-0.05, 0) is 25.6 Å². The quantitative estimate of drug-likeness (QED) is 0.831. The van der Waals surface area contributed by atoms with Crippen molar-refractivity contribution in [3.8, 4) is 0 Å². The van der Waals surface area contributed by atoms with Crippen LogP contribution in [-0.2, 0) is 11.3 Å². The molecule has 1 aromatic rings. The van der Waals surface area contributed by atoms with Gasteiger partial charge in [0.05, 0.1) is 6.61 Å². The molecule has 20 heavy (non-hydrogen) atoms. The zero-order valence-electron chi connectivity index (χ0n) is 11.9. The highest BCUT2D eigenvalue weighted by Gasteiger charge is 2.12. The van der Waals surface area contributed by atoms with E-state index in [4.69, 9.17) is 16.3 Å². The third kappa shape index (κ3) is 4.70. The van der Waals surface area contributed by atoms with Gasteiger partial charge < -0.3 is 9.64 Å². The lowest BCUT2D eigenvalue weighted by atomic mass is 10.2. The topological polar surface area (TPSA) is 15.7 Å². The van der Waals surface area contributed by atoms with Crippen LogP contribution in [0.5, 0.6) is 0 Å². The van der Waals surface area contributed by atoms with Crippen molar-refractivity contribution in [1.82, 2.24) is 9.80 Å². The number of hydrogen-bond acceptors (Lipinski definition) is 3.